The maximum Gasteiger partial charge on any atom is 0.335 e. The second-order valence-corrected chi connectivity index (χ2v) is 6.45. The van der Waals surface area contributed by atoms with E-state index >= 15 is 0 Å². The van der Waals surface area contributed by atoms with Crippen LogP contribution in [0.1, 0.15) is 39.4 Å². The fourth-order valence-corrected chi connectivity index (χ4v) is 3.30. The lowest BCUT2D eigenvalue weighted by atomic mass is 9.94. The van der Waals surface area contributed by atoms with Crippen molar-refractivity contribution in [1.29, 1.82) is 0 Å². The number of benzene rings is 2. The highest BCUT2D eigenvalue weighted by Crippen LogP contribution is 2.29. The summed E-state index contributed by atoms with van der Waals surface area (Å²) in [5, 5.41) is 11.8. The van der Waals surface area contributed by atoms with Crippen molar-refractivity contribution in [2.24, 2.45) is 0 Å². The van der Waals surface area contributed by atoms with Crippen molar-refractivity contribution in [3.8, 4) is 0 Å². The summed E-state index contributed by atoms with van der Waals surface area (Å²) in [5.41, 5.74) is 3.72. The highest BCUT2D eigenvalue weighted by Gasteiger charge is 2.27. The van der Waals surface area contributed by atoms with Crippen molar-refractivity contribution in [3.63, 3.8) is 0 Å². The Morgan fingerprint density at radius 3 is 2.56 bits per heavy atom. The van der Waals surface area contributed by atoms with E-state index in [0.29, 0.717) is 12.5 Å². The minimum absolute atomic E-state index is 0.0709. The minimum Gasteiger partial charge on any atom is -0.478 e. The number of urea groups is 1. The number of nitrogens with one attached hydrogen (secondary N) is 1. The standard InChI is InChI=1S/C20H22N2O3/c1-14-4-2-3-5-18(14)17-10-11-22(13-17)20(25)21-12-15-6-8-16(9-7-15)19(23)24/h2-9,17H,10-13H2,1H3,(H,21,25)(H,23,24). The molecule has 2 N–H and O–H groups in total. The third-order valence-corrected chi connectivity index (χ3v) is 4.75. The van der Waals surface area contributed by atoms with Crippen LogP contribution in [0.15, 0.2) is 48.5 Å². The molecule has 1 fully saturated rings. The molecule has 3 rings (SSSR count). The molecule has 0 radical (unpaired) electrons. The Kier molecular flexibility index (Phi) is 5.03. The highest BCUT2D eigenvalue weighted by molar-refractivity contribution is 5.87. The number of aromatic carboxylic acids is 1. The second kappa shape index (κ2) is 7.38. The number of nitrogens with zero attached hydrogens (tertiary/aromatic N) is 1. The SMILES string of the molecule is Cc1ccccc1C1CCN(C(=O)NCc2ccc(C(=O)O)cc2)C1. The average Bonchev–Trinajstić information content (AvgIpc) is 3.10. The van der Waals surface area contributed by atoms with E-state index in [1.165, 1.54) is 11.1 Å². The van der Waals surface area contributed by atoms with Crippen molar-refractivity contribution in [2.45, 2.75) is 25.8 Å². The van der Waals surface area contributed by atoms with Gasteiger partial charge in [-0.1, -0.05) is 36.4 Å². The zero-order valence-corrected chi connectivity index (χ0v) is 14.2. The summed E-state index contributed by atoms with van der Waals surface area (Å²) in [7, 11) is 0. The van der Waals surface area contributed by atoms with Crippen molar-refractivity contribution >= 4 is 12.0 Å². The summed E-state index contributed by atoms with van der Waals surface area (Å²) in [6.45, 7) is 3.99. The largest absolute Gasteiger partial charge is 0.478 e. The number of carboxylic acid groups (broad SMARTS) is 1. The van der Waals surface area contributed by atoms with Crippen LogP contribution in [0.25, 0.3) is 0 Å². The number of hydrogen-bond donors (Lipinski definition) is 2. The molecule has 2 aromatic carbocycles. The van der Waals surface area contributed by atoms with E-state index in [0.717, 1.165) is 25.1 Å². The Hall–Kier alpha value is -2.82. The van der Waals surface area contributed by atoms with Crippen molar-refractivity contribution in [3.05, 3.63) is 70.8 Å². The molecule has 1 aliphatic rings. The summed E-state index contributed by atoms with van der Waals surface area (Å²) < 4.78 is 0. The number of aryl methyl sites for hydroxylation is 1. The van der Waals surface area contributed by atoms with Crippen molar-refractivity contribution in [2.75, 3.05) is 13.1 Å². The first kappa shape index (κ1) is 17.0. The van der Waals surface area contributed by atoms with Gasteiger partial charge in [0.2, 0.25) is 0 Å². The molecule has 1 saturated heterocycles. The fourth-order valence-electron chi connectivity index (χ4n) is 3.30. The lowest BCUT2D eigenvalue weighted by molar-refractivity contribution is 0.0697. The smallest absolute Gasteiger partial charge is 0.335 e. The van der Waals surface area contributed by atoms with Crippen LogP contribution in [0.4, 0.5) is 4.79 Å². The lowest BCUT2D eigenvalue weighted by Gasteiger charge is -2.18. The Labute approximate surface area is 147 Å². The van der Waals surface area contributed by atoms with E-state index < -0.39 is 5.97 Å². The minimum atomic E-state index is -0.949. The zero-order valence-electron chi connectivity index (χ0n) is 14.2. The summed E-state index contributed by atoms with van der Waals surface area (Å²) in [6, 6.07) is 14.8. The van der Waals surface area contributed by atoms with Gasteiger partial charge in [0.05, 0.1) is 5.56 Å². The normalized spacial score (nSPS) is 16.7. The van der Waals surface area contributed by atoms with Gasteiger partial charge in [-0.25, -0.2) is 9.59 Å². The van der Waals surface area contributed by atoms with Gasteiger partial charge < -0.3 is 15.3 Å². The molecule has 0 spiro atoms. The molecule has 25 heavy (non-hydrogen) atoms. The van der Waals surface area contributed by atoms with Gasteiger partial charge in [-0.05, 0) is 42.2 Å². The Balaban J connectivity index is 1.54. The van der Waals surface area contributed by atoms with Crippen LogP contribution < -0.4 is 5.32 Å². The molecule has 1 unspecified atom stereocenters. The van der Waals surface area contributed by atoms with E-state index in [1.54, 1.807) is 24.3 Å². The highest BCUT2D eigenvalue weighted by atomic mass is 16.4. The van der Waals surface area contributed by atoms with Crippen LogP contribution in [0.3, 0.4) is 0 Å². The number of carboxylic acids is 1. The number of carbonyl (C=O) groups is 2. The molecule has 0 aromatic heterocycles. The van der Waals surface area contributed by atoms with Crippen LogP contribution in [0, 0.1) is 6.92 Å². The van der Waals surface area contributed by atoms with Gasteiger partial charge in [-0.2, -0.15) is 0 Å². The molecule has 0 aliphatic carbocycles. The van der Waals surface area contributed by atoms with Gasteiger partial charge in [0.15, 0.2) is 0 Å². The molecule has 1 aliphatic heterocycles. The maximum absolute atomic E-state index is 12.4. The molecule has 0 saturated carbocycles. The van der Waals surface area contributed by atoms with E-state index in [9.17, 15) is 9.59 Å². The Morgan fingerprint density at radius 2 is 1.88 bits per heavy atom. The van der Waals surface area contributed by atoms with Crippen molar-refractivity contribution < 1.29 is 14.7 Å². The molecular weight excluding hydrogens is 316 g/mol. The summed E-state index contributed by atoms with van der Waals surface area (Å²) in [4.78, 5) is 25.1. The van der Waals surface area contributed by atoms with Gasteiger partial charge in [0.25, 0.3) is 0 Å². The van der Waals surface area contributed by atoms with Gasteiger partial charge in [0.1, 0.15) is 0 Å². The van der Waals surface area contributed by atoms with E-state index in [-0.39, 0.29) is 11.6 Å². The number of amides is 2. The number of carbonyl (C=O) groups excluding carboxylic acids is 1. The predicted molar refractivity (Wildman–Crippen MR) is 95.7 cm³/mol. The molecule has 0 bridgehead atoms. The summed E-state index contributed by atoms with van der Waals surface area (Å²) in [5.74, 6) is -0.559. The summed E-state index contributed by atoms with van der Waals surface area (Å²) in [6.07, 6.45) is 0.978. The predicted octanol–water partition coefficient (Wildman–Crippen LogP) is 3.39. The maximum atomic E-state index is 12.4. The third kappa shape index (κ3) is 3.99. The first-order valence-corrected chi connectivity index (χ1v) is 8.45. The third-order valence-electron chi connectivity index (χ3n) is 4.75. The number of rotatable bonds is 4. The van der Waals surface area contributed by atoms with Crippen LogP contribution in [-0.2, 0) is 6.54 Å². The second-order valence-electron chi connectivity index (χ2n) is 6.45. The quantitative estimate of drug-likeness (QED) is 0.898. The number of likely N-dealkylation sites (tertiary alicyclic amines) is 1. The molecule has 1 heterocycles. The molecule has 5 nitrogen and oxygen atoms in total. The molecule has 2 amide bonds. The van der Waals surface area contributed by atoms with Gasteiger partial charge >= 0.3 is 12.0 Å². The monoisotopic (exact) mass is 338 g/mol. The van der Waals surface area contributed by atoms with Gasteiger partial charge in [0, 0.05) is 25.6 Å². The zero-order chi connectivity index (χ0) is 17.8. The number of hydrogen-bond acceptors (Lipinski definition) is 2. The van der Waals surface area contributed by atoms with Crippen molar-refractivity contribution in [1.82, 2.24) is 10.2 Å². The molecule has 130 valence electrons. The van der Waals surface area contributed by atoms with Gasteiger partial charge in [-0.3, -0.25) is 0 Å². The van der Waals surface area contributed by atoms with Crippen LogP contribution in [0.2, 0.25) is 0 Å². The average molecular weight is 338 g/mol. The van der Waals surface area contributed by atoms with Gasteiger partial charge in [-0.15, -0.1) is 0 Å². The van der Waals surface area contributed by atoms with E-state index in [4.69, 9.17) is 5.11 Å². The fraction of sp³-hybridized carbons (Fsp3) is 0.300. The molecule has 2 aromatic rings. The molecule has 1 atom stereocenters. The summed E-state index contributed by atoms with van der Waals surface area (Å²) >= 11 is 0. The first-order valence-electron chi connectivity index (χ1n) is 8.45. The van der Waals surface area contributed by atoms with Crippen LogP contribution in [0.5, 0.6) is 0 Å². The Bertz CT molecular complexity index is 771. The Morgan fingerprint density at radius 1 is 1.16 bits per heavy atom. The lowest BCUT2D eigenvalue weighted by Crippen LogP contribution is -2.38. The van der Waals surface area contributed by atoms with Crippen LogP contribution >= 0.6 is 0 Å². The molecular formula is C20H22N2O3. The van der Waals surface area contributed by atoms with E-state index in [1.807, 2.05) is 17.0 Å². The topological polar surface area (TPSA) is 69.6 Å². The van der Waals surface area contributed by atoms with E-state index in [2.05, 4.69) is 24.4 Å². The van der Waals surface area contributed by atoms with Crippen LogP contribution in [-0.4, -0.2) is 35.1 Å². The first-order chi connectivity index (χ1) is 12.0. The molecule has 5 heteroatoms.